The van der Waals surface area contributed by atoms with E-state index in [0.29, 0.717) is 92.7 Å². The summed E-state index contributed by atoms with van der Waals surface area (Å²) in [7, 11) is 0. The molecule has 0 spiro atoms. The number of amides is 6. The minimum atomic E-state index is -0.886. The number of hydrogen-bond donors (Lipinski definition) is 2. The molecule has 4 aromatic carbocycles. The molecular weight excluding hydrogens is 1130 g/mol. The molecule has 470 valence electrons. The summed E-state index contributed by atoms with van der Waals surface area (Å²) in [5, 5.41) is 11.2. The van der Waals surface area contributed by atoms with Crippen molar-refractivity contribution in [3.63, 3.8) is 0 Å². The Balaban J connectivity index is 0.677. The molecule has 18 nitrogen and oxygen atoms in total. The van der Waals surface area contributed by atoms with E-state index in [-0.39, 0.29) is 110 Å². The fourth-order valence-electron chi connectivity index (χ4n) is 13.3. The van der Waals surface area contributed by atoms with Crippen LogP contribution in [0.1, 0.15) is 147 Å². The summed E-state index contributed by atoms with van der Waals surface area (Å²) < 4.78 is 56.0. The molecule has 10 rings (SSSR count). The number of piperidine rings is 3. The number of fused-ring (bicyclic) bond motifs is 1. The number of nitrogens with one attached hydrogen (secondary N) is 2. The van der Waals surface area contributed by atoms with Crippen LogP contribution in [0.2, 0.25) is 0 Å². The molecule has 4 aliphatic heterocycles. The molecule has 0 bridgehead atoms. The van der Waals surface area contributed by atoms with Crippen LogP contribution in [0, 0.1) is 23.4 Å². The van der Waals surface area contributed by atoms with Gasteiger partial charge < -0.3 is 34.4 Å². The van der Waals surface area contributed by atoms with Crippen molar-refractivity contribution in [2.45, 2.75) is 147 Å². The van der Waals surface area contributed by atoms with Gasteiger partial charge in [-0.15, -0.1) is 0 Å². The van der Waals surface area contributed by atoms with Crippen molar-refractivity contribution in [1.29, 1.82) is 0 Å². The van der Waals surface area contributed by atoms with E-state index in [2.05, 4.69) is 20.4 Å². The van der Waals surface area contributed by atoms with Gasteiger partial charge in [0.1, 0.15) is 35.6 Å². The SMILES string of the molecule is C[C@H]1C[C@H](OC2CCN(CC(=O)N3CCN(C(=O)c4cc(Cc5n[nH]c(=O)c6ccccc56)ccc4F)CC3)CC2)CCN1C(=O)[C@H](NC(=O)c1cccc([C@@H]2CCCN(C(=O)CN(Cc3ccc(F)cc3F)C(=O)OC(C)(C)C)C2)c1)C1CCCCC1. The molecule has 1 aromatic heterocycles. The predicted octanol–water partition coefficient (Wildman–Crippen LogP) is 8.60. The molecule has 5 aromatic rings. The number of carbonyl (C=O) groups is 6. The van der Waals surface area contributed by atoms with Gasteiger partial charge >= 0.3 is 6.09 Å². The number of H-pyrrole nitrogens is 1. The molecule has 6 amide bonds. The van der Waals surface area contributed by atoms with E-state index in [4.69, 9.17) is 9.47 Å². The maximum Gasteiger partial charge on any atom is 0.411 e. The van der Waals surface area contributed by atoms with Gasteiger partial charge in [0.2, 0.25) is 17.7 Å². The van der Waals surface area contributed by atoms with Gasteiger partial charge in [-0.05, 0) is 133 Å². The fourth-order valence-corrected chi connectivity index (χ4v) is 13.3. The predicted molar refractivity (Wildman–Crippen MR) is 325 cm³/mol. The molecule has 4 atom stereocenters. The molecule has 1 aliphatic carbocycles. The molecule has 5 heterocycles. The smallest absolute Gasteiger partial charge is 0.411 e. The number of rotatable bonds is 16. The largest absolute Gasteiger partial charge is 0.444 e. The zero-order valence-corrected chi connectivity index (χ0v) is 51.0. The Kier molecular flexibility index (Phi) is 20.3. The van der Waals surface area contributed by atoms with Crippen LogP contribution in [0.4, 0.5) is 18.0 Å². The molecule has 0 radical (unpaired) electrons. The van der Waals surface area contributed by atoms with E-state index in [9.17, 15) is 42.3 Å². The van der Waals surface area contributed by atoms with Crippen LogP contribution in [0.25, 0.3) is 10.8 Å². The summed E-state index contributed by atoms with van der Waals surface area (Å²) in [5.41, 5.74) is 1.37. The summed E-state index contributed by atoms with van der Waals surface area (Å²) >= 11 is 0. The molecule has 2 N–H and O–H groups in total. The summed E-state index contributed by atoms with van der Waals surface area (Å²) in [5.74, 6) is -3.59. The van der Waals surface area contributed by atoms with Crippen molar-refractivity contribution >= 4 is 46.4 Å². The number of piperazine rings is 1. The Morgan fingerprint density at radius 1 is 0.727 bits per heavy atom. The first-order chi connectivity index (χ1) is 42.2. The quantitative estimate of drug-likeness (QED) is 0.0960. The van der Waals surface area contributed by atoms with Crippen molar-refractivity contribution in [2.75, 3.05) is 72.0 Å². The third kappa shape index (κ3) is 15.8. The standard InChI is InChI=1S/C67H82F3N9O9/c1-43-34-52(87-51-23-27-74(28-24-51)41-59(80)75-30-32-76(33-31-75)64(84)55-35-44(19-22-56(55)69)36-58-53-17-8-9-18-54(53)63(83)73-72-58)25-29-79(43)65(85)61(45-12-6-5-7-13-45)71-62(82)47-15-10-14-46(37-47)48-16-11-26-77(39-48)60(81)42-78(66(86)88-67(2,3)4)40-49-20-21-50(68)38-57(49)70/h8-10,14-15,17-22,35,37-38,43,45,48,51-52,61H,5-7,11-13,16,23-34,36,39-42H2,1-4H3,(H,71,82)(H,73,83)/t43-,48+,52+,61+/m0/s1. The molecule has 21 heteroatoms. The van der Waals surface area contributed by atoms with Gasteiger partial charge in [-0.25, -0.2) is 23.1 Å². The second-order valence-corrected chi connectivity index (χ2v) is 25.6. The second-order valence-electron chi connectivity index (χ2n) is 25.6. The summed E-state index contributed by atoms with van der Waals surface area (Å²) in [6.45, 7) is 10.6. The van der Waals surface area contributed by atoms with Crippen molar-refractivity contribution in [3.8, 4) is 0 Å². The molecule has 1 saturated carbocycles. The van der Waals surface area contributed by atoms with Gasteiger partial charge in [0.25, 0.3) is 17.4 Å². The molecular formula is C67H82F3N9O9. The first kappa shape index (κ1) is 63.4. The number of halogens is 3. The first-order valence-corrected chi connectivity index (χ1v) is 31.3. The van der Waals surface area contributed by atoms with Crippen molar-refractivity contribution < 1.29 is 51.4 Å². The minimum absolute atomic E-state index is 0.00879. The Bertz CT molecular complexity index is 3410. The van der Waals surface area contributed by atoms with Gasteiger partial charge in [0.15, 0.2) is 0 Å². The minimum Gasteiger partial charge on any atom is -0.444 e. The fraction of sp³-hybridized carbons (Fsp3) is 0.522. The lowest BCUT2D eigenvalue weighted by atomic mass is 9.82. The summed E-state index contributed by atoms with van der Waals surface area (Å²) in [4.78, 5) is 106. The van der Waals surface area contributed by atoms with E-state index in [1.807, 2.05) is 42.2 Å². The highest BCUT2D eigenvalue weighted by molar-refractivity contribution is 5.98. The number of aromatic amines is 1. The maximum atomic E-state index is 15.2. The lowest BCUT2D eigenvalue weighted by Gasteiger charge is -2.42. The van der Waals surface area contributed by atoms with Crippen molar-refractivity contribution in [3.05, 3.63) is 146 Å². The average Bonchev–Trinajstić information content (AvgIpc) is 2.24. The van der Waals surface area contributed by atoms with Crippen molar-refractivity contribution in [1.82, 2.24) is 44.9 Å². The molecule has 88 heavy (non-hydrogen) atoms. The zero-order chi connectivity index (χ0) is 62.2. The van der Waals surface area contributed by atoms with Crippen LogP contribution in [0.15, 0.2) is 89.7 Å². The normalized spacial score (nSPS) is 20.4. The Hall–Kier alpha value is -7.65. The van der Waals surface area contributed by atoms with Crippen LogP contribution < -0.4 is 10.9 Å². The van der Waals surface area contributed by atoms with E-state index >= 15 is 4.39 Å². The van der Waals surface area contributed by atoms with E-state index < -0.39 is 41.1 Å². The van der Waals surface area contributed by atoms with Gasteiger partial charge in [0.05, 0.1) is 41.9 Å². The van der Waals surface area contributed by atoms with Crippen molar-refractivity contribution in [2.24, 2.45) is 5.92 Å². The Labute approximate surface area is 512 Å². The Morgan fingerprint density at radius 3 is 2.18 bits per heavy atom. The zero-order valence-electron chi connectivity index (χ0n) is 51.0. The number of aromatic nitrogens is 2. The van der Waals surface area contributed by atoms with Gasteiger partial charge in [-0.3, -0.25) is 38.6 Å². The summed E-state index contributed by atoms with van der Waals surface area (Å²) in [6.07, 6.45) is 8.41. The molecule has 0 unspecified atom stereocenters. The number of hydrogen-bond acceptors (Lipinski definition) is 11. The van der Waals surface area contributed by atoms with Gasteiger partial charge in [0, 0.05) is 99.9 Å². The number of benzene rings is 4. The van der Waals surface area contributed by atoms with Crippen LogP contribution in [0.5, 0.6) is 0 Å². The monoisotopic (exact) mass is 1210 g/mol. The van der Waals surface area contributed by atoms with Crippen LogP contribution in [0.3, 0.4) is 0 Å². The van der Waals surface area contributed by atoms with E-state index in [0.717, 1.165) is 74.0 Å². The molecule has 5 fully saturated rings. The third-order valence-electron chi connectivity index (χ3n) is 18.1. The van der Waals surface area contributed by atoms with Crippen LogP contribution in [-0.2, 0) is 36.8 Å². The average molecular weight is 1210 g/mol. The van der Waals surface area contributed by atoms with Crippen LogP contribution >= 0.6 is 0 Å². The highest BCUT2D eigenvalue weighted by Crippen LogP contribution is 2.33. The van der Waals surface area contributed by atoms with Gasteiger partial charge in [-0.2, -0.15) is 5.10 Å². The molecule has 4 saturated heterocycles. The maximum absolute atomic E-state index is 15.2. The summed E-state index contributed by atoms with van der Waals surface area (Å²) in [6, 6.07) is 21.2. The number of likely N-dealkylation sites (tertiary alicyclic amines) is 3. The number of ether oxygens (including phenoxy) is 2. The highest BCUT2D eigenvalue weighted by atomic mass is 19.1. The van der Waals surface area contributed by atoms with E-state index in [1.165, 1.54) is 12.1 Å². The number of nitrogens with zero attached hydrogens (tertiary/aromatic N) is 7. The second kappa shape index (κ2) is 28.2. The Morgan fingerprint density at radius 2 is 1.45 bits per heavy atom. The lowest BCUT2D eigenvalue weighted by molar-refractivity contribution is -0.143. The highest BCUT2D eigenvalue weighted by Gasteiger charge is 2.40. The number of carbonyl (C=O) groups excluding carboxylic acids is 6. The van der Waals surface area contributed by atoms with Crippen LogP contribution in [-0.4, -0.2) is 177 Å². The van der Waals surface area contributed by atoms with Gasteiger partial charge in [-0.1, -0.05) is 61.7 Å². The molecule has 5 aliphatic rings. The topological polar surface area (TPSA) is 198 Å². The first-order valence-electron chi connectivity index (χ1n) is 31.3. The third-order valence-corrected chi connectivity index (χ3v) is 18.1. The lowest BCUT2D eigenvalue weighted by Crippen LogP contribution is -2.57. The van der Waals surface area contributed by atoms with E-state index in [1.54, 1.807) is 65.8 Å².